The van der Waals surface area contributed by atoms with Gasteiger partial charge in [0, 0.05) is 0 Å². The number of hydrogen-bond acceptors (Lipinski definition) is 4. The van der Waals surface area contributed by atoms with Crippen molar-refractivity contribution in [1.82, 2.24) is 20.1 Å². The molecule has 3 rings (SSSR count). The van der Waals surface area contributed by atoms with Gasteiger partial charge in [0.05, 0.1) is 24.1 Å². The average molecular weight is 441 g/mol. The van der Waals surface area contributed by atoms with Gasteiger partial charge < -0.3 is 11.1 Å². The fourth-order valence-corrected chi connectivity index (χ4v) is 3.69. The summed E-state index contributed by atoms with van der Waals surface area (Å²) in [6.45, 7) is 1.27. The quantitative estimate of drug-likeness (QED) is 0.670. The predicted molar refractivity (Wildman–Crippen MR) is 102 cm³/mol. The Morgan fingerprint density at radius 3 is 2.52 bits per heavy atom. The molecule has 2 amide bonds. The summed E-state index contributed by atoms with van der Waals surface area (Å²) >= 11 is 0. The monoisotopic (exact) mass is 441 g/mol. The van der Waals surface area contributed by atoms with E-state index in [4.69, 9.17) is 5.73 Å². The average Bonchev–Trinajstić information content (AvgIpc) is 3.16. The Bertz CT molecular complexity index is 967. The highest BCUT2D eigenvalue weighted by Gasteiger charge is 2.38. The standard InChI is InChI=1S/C20H23F4N5O2/c1-11(12-7-8-14(17(25)30)15(21)9-12)18(31)26-10-16-27-19(20(22,23)24)28-29(16)13-5-3-2-4-6-13/h7-9,11,13H,2-6,10H2,1H3,(H2,25,30)(H,26,31). The van der Waals surface area contributed by atoms with Crippen LogP contribution in [-0.2, 0) is 17.5 Å². The van der Waals surface area contributed by atoms with E-state index in [0.29, 0.717) is 18.4 Å². The normalized spacial score (nSPS) is 16.2. The predicted octanol–water partition coefficient (Wildman–Crippen LogP) is 3.46. The molecule has 168 valence electrons. The van der Waals surface area contributed by atoms with Crippen LogP contribution in [0.4, 0.5) is 17.6 Å². The molecular formula is C20H23F4N5O2. The summed E-state index contributed by atoms with van der Waals surface area (Å²) in [5.74, 6) is -4.34. The van der Waals surface area contributed by atoms with Crippen LogP contribution in [-0.4, -0.2) is 26.6 Å². The van der Waals surface area contributed by atoms with Gasteiger partial charge in [0.25, 0.3) is 11.7 Å². The van der Waals surface area contributed by atoms with Crippen LogP contribution in [0.1, 0.15) is 78.6 Å². The van der Waals surface area contributed by atoms with Crippen LogP contribution in [0.15, 0.2) is 18.2 Å². The van der Waals surface area contributed by atoms with Crippen LogP contribution >= 0.6 is 0 Å². The Kier molecular flexibility index (Phi) is 6.61. The van der Waals surface area contributed by atoms with Crippen molar-refractivity contribution in [2.45, 2.75) is 63.7 Å². The molecule has 1 atom stereocenters. The lowest BCUT2D eigenvalue weighted by molar-refractivity contribution is -0.145. The van der Waals surface area contributed by atoms with Gasteiger partial charge in [-0.05, 0) is 37.5 Å². The van der Waals surface area contributed by atoms with Crippen LogP contribution in [0.25, 0.3) is 0 Å². The zero-order valence-corrected chi connectivity index (χ0v) is 16.9. The van der Waals surface area contributed by atoms with E-state index in [1.807, 2.05) is 0 Å². The van der Waals surface area contributed by atoms with Gasteiger partial charge in [0.15, 0.2) is 0 Å². The number of halogens is 4. The van der Waals surface area contributed by atoms with E-state index in [1.165, 1.54) is 23.7 Å². The number of benzene rings is 1. The molecule has 1 fully saturated rings. The first-order chi connectivity index (χ1) is 14.6. The van der Waals surface area contributed by atoms with Crippen molar-refractivity contribution in [3.63, 3.8) is 0 Å². The second-order valence-corrected chi connectivity index (χ2v) is 7.63. The number of nitrogens with two attached hydrogens (primary N) is 1. The van der Waals surface area contributed by atoms with Crippen molar-refractivity contribution in [2.24, 2.45) is 5.73 Å². The maximum atomic E-state index is 14.0. The van der Waals surface area contributed by atoms with Gasteiger partial charge in [-0.3, -0.25) is 9.59 Å². The Labute approximate surface area is 176 Å². The molecule has 0 aliphatic heterocycles. The van der Waals surface area contributed by atoms with E-state index in [0.717, 1.165) is 25.3 Å². The lowest BCUT2D eigenvalue weighted by Gasteiger charge is -2.23. The number of rotatable bonds is 6. The third-order valence-electron chi connectivity index (χ3n) is 5.45. The first kappa shape index (κ1) is 22.7. The van der Waals surface area contributed by atoms with Gasteiger partial charge >= 0.3 is 6.18 Å². The van der Waals surface area contributed by atoms with Crippen molar-refractivity contribution in [3.05, 3.63) is 46.8 Å². The minimum absolute atomic E-state index is 0.0232. The number of aromatic nitrogens is 3. The van der Waals surface area contributed by atoms with Crippen molar-refractivity contribution in [2.75, 3.05) is 0 Å². The molecule has 0 saturated heterocycles. The molecule has 1 aliphatic rings. The van der Waals surface area contributed by atoms with Gasteiger partial charge in [-0.25, -0.2) is 14.1 Å². The van der Waals surface area contributed by atoms with E-state index < -0.39 is 35.6 Å². The first-order valence-electron chi connectivity index (χ1n) is 9.97. The SMILES string of the molecule is CC(C(=O)NCc1nc(C(F)(F)F)nn1C1CCCCC1)c1ccc(C(N)=O)c(F)c1. The molecule has 0 spiro atoms. The molecule has 0 radical (unpaired) electrons. The number of carbonyl (C=O) groups is 2. The van der Waals surface area contributed by atoms with Crippen molar-refractivity contribution in [3.8, 4) is 0 Å². The fraction of sp³-hybridized carbons (Fsp3) is 0.500. The van der Waals surface area contributed by atoms with Gasteiger partial charge in [0.2, 0.25) is 5.91 Å². The van der Waals surface area contributed by atoms with E-state index in [1.54, 1.807) is 0 Å². The first-order valence-corrected chi connectivity index (χ1v) is 9.97. The number of nitrogens with one attached hydrogen (secondary N) is 1. The van der Waals surface area contributed by atoms with Crippen molar-refractivity contribution in [1.29, 1.82) is 0 Å². The van der Waals surface area contributed by atoms with Crippen molar-refractivity contribution >= 4 is 11.8 Å². The van der Waals surface area contributed by atoms with E-state index >= 15 is 0 Å². The summed E-state index contributed by atoms with van der Waals surface area (Å²) in [7, 11) is 0. The molecule has 3 N–H and O–H groups in total. The highest BCUT2D eigenvalue weighted by molar-refractivity contribution is 5.93. The molecule has 1 aromatic carbocycles. The van der Waals surface area contributed by atoms with E-state index in [9.17, 15) is 27.2 Å². The third-order valence-corrected chi connectivity index (χ3v) is 5.45. The van der Waals surface area contributed by atoms with Crippen LogP contribution < -0.4 is 11.1 Å². The molecule has 1 saturated carbocycles. The molecule has 1 aliphatic carbocycles. The Morgan fingerprint density at radius 2 is 1.94 bits per heavy atom. The van der Waals surface area contributed by atoms with Crippen LogP contribution in [0.2, 0.25) is 0 Å². The number of primary amides is 1. The Morgan fingerprint density at radius 1 is 1.26 bits per heavy atom. The molecule has 31 heavy (non-hydrogen) atoms. The molecule has 1 unspecified atom stereocenters. The minimum Gasteiger partial charge on any atom is -0.366 e. The summed E-state index contributed by atoms with van der Waals surface area (Å²) in [6.07, 6.45) is -0.492. The third kappa shape index (κ3) is 5.20. The van der Waals surface area contributed by atoms with Gasteiger partial charge in [-0.1, -0.05) is 25.3 Å². The number of amides is 2. The largest absolute Gasteiger partial charge is 0.453 e. The lowest BCUT2D eigenvalue weighted by Crippen LogP contribution is -2.30. The summed E-state index contributed by atoms with van der Waals surface area (Å²) < 4.78 is 54.7. The summed E-state index contributed by atoms with van der Waals surface area (Å²) in [4.78, 5) is 27.3. The van der Waals surface area contributed by atoms with Gasteiger partial charge in [-0.2, -0.15) is 13.2 Å². The second kappa shape index (κ2) is 9.03. The maximum Gasteiger partial charge on any atom is 0.453 e. The summed E-state index contributed by atoms with van der Waals surface area (Å²) in [6, 6.07) is 3.43. The number of hydrogen-bond donors (Lipinski definition) is 2. The van der Waals surface area contributed by atoms with E-state index in [2.05, 4.69) is 15.4 Å². The molecule has 0 bridgehead atoms. The number of alkyl halides is 3. The molecule has 1 heterocycles. The summed E-state index contributed by atoms with van der Waals surface area (Å²) in [5, 5.41) is 6.21. The van der Waals surface area contributed by atoms with Crippen LogP contribution in [0, 0.1) is 5.82 Å². The molecule has 11 heteroatoms. The number of nitrogens with zero attached hydrogens (tertiary/aromatic N) is 3. The zero-order chi connectivity index (χ0) is 22.8. The minimum atomic E-state index is -4.69. The maximum absolute atomic E-state index is 14.0. The van der Waals surface area contributed by atoms with Crippen molar-refractivity contribution < 1.29 is 27.2 Å². The van der Waals surface area contributed by atoms with Gasteiger partial charge in [0.1, 0.15) is 11.6 Å². The Balaban J connectivity index is 1.75. The lowest BCUT2D eigenvalue weighted by atomic mass is 9.95. The molecule has 2 aromatic rings. The second-order valence-electron chi connectivity index (χ2n) is 7.63. The molecular weight excluding hydrogens is 418 g/mol. The zero-order valence-electron chi connectivity index (χ0n) is 16.9. The highest BCUT2D eigenvalue weighted by atomic mass is 19.4. The van der Waals surface area contributed by atoms with Crippen LogP contribution in [0.3, 0.4) is 0 Å². The molecule has 1 aromatic heterocycles. The topological polar surface area (TPSA) is 103 Å². The van der Waals surface area contributed by atoms with Gasteiger partial charge in [-0.15, -0.1) is 5.10 Å². The number of carbonyl (C=O) groups excluding carboxylic acids is 2. The van der Waals surface area contributed by atoms with Crippen LogP contribution in [0.5, 0.6) is 0 Å². The smallest absolute Gasteiger partial charge is 0.366 e. The summed E-state index contributed by atoms with van der Waals surface area (Å²) in [5.41, 5.74) is 5.07. The van der Waals surface area contributed by atoms with E-state index in [-0.39, 0.29) is 24.0 Å². The highest BCUT2D eigenvalue weighted by Crippen LogP contribution is 2.32. The molecule has 7 nitrogen and oxygen atoms in total. The Hall–Kier alpha value is -2.98. The fourth-order valence-electron chi connectivity index (χ4n) is 3.69.